The smallest absolute Gasteiger partial charge is 0.408 e. The van der Waals surface area contributed by atoms with Gasteiger partial charge in [-0.15, -0.1) is 0 Å². The van der Waals surface area contributed by atoms with Crippen molar-refractivity contribution in [2.45, 2.75) is 11.4 Å². The predicted molar refractivity (Wildman–Crippen MR) is 81.9 cm³/mol. The van der Waals surface area contributed by atoms with Crippen LogP contribution in [0.3, 0.4) is 0 Å². The van der Waals surface area contributed by atoms with E-state index >= 15 is 0 Å². The molecule has 1 heterocycles. The minimum atomic E-state index is -3.56. The van der Waals surface area contributed by atoms with E-state index in [1.807, 2.05) is 0 Å². The summed E-state index contributed by atoms with van der Waals surface area (Å²) in [5, 5.41) is 0. The summed E-state index contributed by atoms with van der Waals surface area (Å²) < 4.78 is 33.3. The molecule has 3 rings (SSSR count). The van der Waals surface area contributed by atoms with E-state index in [2.05, 4.69) is 4.72 Å². The molecule has 1 N–H and O–H groups in total. The normalized spacial score (nSPS) is 11.9. The maximum absolute atomic E-state index is 12.1. The first-order valence-electron chi connectivity index (χ1n) is 6.60. The molecule has 0 atom stereocenters. The van der Waals surface area contributed by atoms with E-state index in [4.69, 9.17) is 4.42 Å². The third-order valence-electron chi connectivity index (χ3n) is 3.38. The Bertz CT molecular complexity index is 972. The maximum Gasteiger partial charge on any atom is 0.419 e. The molecule has 0 bridgehead atoms. The fourth-order valence-electron chi connectivity index (χ4n) is 2.15. The van der Waals surface area contributed by atoms with Crippen LogP contribution in [0.1, 0.15) is 5.56 Å². The summed E-state index contributed by atoms with van der Waals surface area (Å²) in [6.07, 6.45) is 0. The van der Waals surface area contributed by atoms with Crippen LogP contribution in [0.5, 0.6) is 0 Å². The molecule has 6 nitrogen and oxygen atoms in total. The summed E-state index contributed by atoms with van der Waals surface area (Å²) in [4.78, 5) is 11.6. The minimum absolute atomic E-state index is 0.117. The van der Waals surface area contributed by atoms with Gasteiger partial charge in [0.25, 0.3) is 0 Å². The lowest BCUT2D eigenvalue weighted by atomic mass is 10.2. The molecule has 7 heteroatoms. The van der Waals surface area contributed by atoms with Crippen LogP contribution in [0.15, 0.2) is 62.6 Å². The number of hydrogen-bond donors (Lipinski definition) is 1. The highest BCUT2D eigenvalue weighted by molar-refractivity contribution is 7.89. The topological polar surface area (TPSA) is 81.3 Å². The van der Waals surface area contributed by atoms with E-state index in [0.717, 1.165) is 0 Å². The Morgan fingerprint density at radius 2 is 1.86 bits per heavy atom. The quantitative estimate of drug-likeness (QED) is 0.792. The minimum Gasteiger partial charge on any atom is -0.408 e. The van der Waals surface area contributed by atoms with Gasteiger partial charge in [-0.1, -0.05) is 24.3 Å². The number of fused-ring (bicyclic) bond motifs is 1. The van der Waals surface area contributed by atoms with E-state index in [0.29, 0.717) is 16.7 Å². The second-order valence-corrected chi connectivity index (χ2v) is 6.63. The fraction of sp³-hybridized carbons (Fsp3) is 0.133. The SMILES string of the molecule is Cn1c(=O)oc2cc(CNS(=O)(=O)c3ccccc3)ccc21. The lowest BCUT2D eigenvalue weighted by molar-refractivity contribution is 0.527. The van der Waals surface area contributed by atoms with Crippen molar-refractivity contribution in [1.29, 1.82) is 0 Å². The average Bonchev–Trinajstić information content (AvgIpc) is 2.81. The molecule has 0 spiro atoms. The zero-order valence-corrected chi connectivity index (χ0v) is 12.6. The van der Waals surface area contributed by atoms with E-state index in [9.17, 15) is 13.2 Å². The van der Waals surface area contributed by atoms with Crippen LogP contribution in [-0.4, -0.2) is 13.0 Å². The fourth-order valence-corrected chi connectivity index (χ4v) is 3.19. The molecule has 0 saturated carbocycles. The number of sulfonamides is 1. The lowest BCUT2D eigenvalue weighted by Crippen LogP contribution is -2.23. The molecule has 0 amide bonds. The Balaban J connectivity index is 1.84. The molecule has 0 aliphatic heterocycles. The van der Waals surface area contributed by atoms with Gasteiger partial charge >= 0.3 is 5.76 Å². The second kappa shape index (κ2) is 5.43. The van der Waals surface area contributed by atoms with E-state index in [1.165, 1.54) is 16.7 Å². The first-order chi connectivity index (χ1) is 10.5. The molecular formula is C15H14N2O4S. The molecular weight excluding hydrogens is 304 g/mol. The van der Waals surface area contributed by atoms with Crippen LogP contribution < -0.4 is 10.5 Å². The van der Waals surface area contributed by atoms with Crippen LogP contribution in [0, 0.1) is 0 Å². The molecule has 0 aliphatic rings. The van der Waals surface area contributed by atoms with Crippen molar-refractivity contribution < 1.29 is 12.8 Å². The Kier molecular flexibility index (Phi) is 3.59. The average molecular weight is 318 g/mol. The third-order valence-corrected chi connectivity index (χ3v) is 4.79. The van der Waals surface area contributed by atoms with Crippen molar-refractivity contribution in [2.75, 3.05) is 0 Å². The van der Waals surface area contributed by atoms with Crippen molar-refractivity contribution in [2.24, 2.45) is 7.05 Å². The van der Waals surface area contributed by atoms with Gasteiger partial charge in [-0.2, -0.15) is 0 Å². The summed E-state index contributed by atoms with van der Waals surface area (Å²) >= 11 is 0. The van der Waals surface area contributed by atoms with Gasteiger partial charge in [0.05, 0.1) is 10.4 Å². The molecule has 114 valence electrons. The second-order valence-electron chi connectivity index (χ2n) is 4.87. The van der Waals surface area contributed by atoms with Crippen LogP contribution in [0.2, 0.25) is 0 Å². The summed E-state index contributed by atoms with van der Waals surface area (Å²) in [6, 6.07) is 13.3. The number of oxazole rings is 1. The number of hydrogen-bond acceptors (Lipinski definition) is 4. The van der Waals surface area contributed by atoms with Gasteiger partial charge in [0.1, 0.15) is 0 Å². The Hall–Kier alpha value is -2.38. The van der Waals surface area contributed by atoms with E-state index < -0.39 is 15.8 Å². The zero-order valence-electron chi connectivity index (χ0n) is 11.8. The maximum atomic E-state index is 12.1. The van der Waals surface area contributed by atoms with Crippen molar-refractivity contribution >= 4 is 21.1 Å². The summed E-state index contributed by atoms with van der Waals surface area (Å²) in [6.45, 7) is 0.117. The van der Waals surface area contributed by atoms with E-state index in [1.54, 1.807) is 43.4 Å². The van der Waals surface area contributed by atoms with Crippen LogP contribution in [0.4, 0.5) is 0 Å². The first kappa shape index (κ1) is 14.6. The molecule has 2 aromatic carbocycles. The van der Waals surface area contributed by atoms with Crippen molar-refractivity contribution in [1.82, 2.24) is 9.29 Å². The summed E-state index contributed by atoms with van der Waals surface area (Å²) in [5.74, 6) is -0.447. The third kappa shape index (κ3) is 2.68. The summed E-state index contributed by atoms with van der Waals surface area (Å²) in [5.41, 5.74) is 1.81. The monoisotopic (exact) mass is 318 g/mol. The molecule has 0 aliphatic carbocycles. The number of nitrogens with one attached hydrogen (secondary N) is 1. The van der Waals surface area contributed by atoms with Gasteiger partial charge in [-0.05, 0) is 29.8 Å². The van der Waals surface area contributed by atoms with Gasteiger partial charge in [-0.25, -0.2) is 17.9 Å². The molecule has 3 aromatic rings. The Morgan fingerprint density at radius 3 is 2.59 bits per heavy atom. The largest absolute Gasteiger partial charge is 0.419 e. The van der Waals surface area contributed by atoms with Gasteiger partial charge in [0, 0.05) is 13.6 Å². The molecule has 0 unspecified atom stereocenters. The standard InChI is InChI=1S/C15H14N2O4S/c1-17-13-8-7-11(9-14(13)21-15(17)18)10-16-22(19,20)12-5-3-2-4-6-12/h2-9,16H,10H2,1H3. The van der Waals surface area contributed by atoms with Crippen LogP contribution in [-0.2, 0) is 23.6 Å². The molecule has 0 fully saturated rings. The number of nitrogens with zero attached hydrogens (tertiary/aromatic N) is 1. The van der Waals surface area contributed by atoms with Crippen molar-refractivity contribution in [3.63, 3.8) is 0 Å². The Morgan fingerprint density at radius 1 is 1.14 bits per heavy atom. The number of aryl methyl sites for hydroxylation is 1. The van der Waals surface area contributed by atoms with Gasteiger partial charge in [0.15, 0.2) is 5.58 Å². The van der Waals surface area contributed by atoms with Crippen LogP contribution in [0.25, 0.3) is 11.1 Å². The molecule has 0 radical (unpaired) electrons. The van der Waals surface area contributed by atoms with Crippen molar-refractivity contribution in [3.05, 3.63) is 64.6 Å². The molecule has 22 heavy (non-hydrogen) atoms. The van der Waals surface area contributed by atoms with Gasteiger partial charge < -0.3 is 4.42 Å². The number of rotatable bonds is 4. The van der Waals surface area contributed by atoms with Gasteiger partial charge in [0.2, 0.25) is 10.0 Å². The number of benzene rings is 2. The van der Waals surface area contributed by atoms with Crippen LogP contribution >= 0.6 is 0 Å². The Labute approximate surface area is 127 Å². The number of aromatic nitrogens is 1. The zero-order chi connectivity index (χ0) is 15.7. The lowest BCUT2D eigenvalue weighted by Gasteiger charge is -2.06. The molecule has 0 saturated heterocycles. The predicted octanol–water partition coefficient (Wildman–Crippen LogP) is 1.61. The summed E-state index contributed by atoms with van der Waals surface area (Å²) in [7, 11) is -1.95. The molecule has 1 aromatic heterocycles. The van der Waals surface area contributed by atoms with Crippen molar-refractivity contribution in [3.8, 4) is 0 Å². The highest BCUT2D eigenvalue weighted by Crippen LogP contribution is 2.15. The highest BCUT2D eigenvalue weighted by Gasteiger charge is 2.13. The van der Waals surface area contributed by atoms with Gasteiger partial charge in [-0.3, -0.25) is 4.57 Å². The first-order valence-corrected chi connectivity index (χ1v) is 8.09. The van der Waals surface area contributed by atoms with E-state index in [-0.39, 0.29) is 11.4 Å². The highest BCUT2D eigenvalue weighted by atomic mass is 32.2.